The van der Waals surface area contributed by atoms with Gasteiger partial charge in [-0.25, -0.2) is 13.2 Å². The van der Waals surface area contributed by atoms with E-state index in [1.54, 1.807) is 66.7 Å². The zero-order valence-electron chi connectivity index (χ0n) is 18.0. The van der Waals surface area contributed by atoms with Crippen molar-refractivity contribution in [1.29, 1.82) is 0 Å². The van der Waals surface area contributed by atoms with Crippen LogP contribution in [0, 0.1) is 0 Å². The van der Waals surface area contributed by atoms with Crippen molar-refractivity contribution in [3.8, 4) is 5.75 Å². The first-order valence-electron chi connectivity index (χ1n) is 10.2. The van der Waals surface area contributed by atoms with Crippen LogP contribution < -0.4 is 9.04 Å². The van der Waals surface area contributed by atoms with Gasteiger partial charge in [0.1, 0.15) is 0 Å². The minimum Gasteiger partial charge on any atom is -0.421 e. The molecule has 0 aliphatic carbocycles. The van der Waals surface area contributed by atoms with E-state index in [0.717, 1.165) is 4.31 Å². The smallest absolute Gasteiger partial charge is 0.343 e. The molecule has 0 saturated heterocycles. The van der Waals surface area contributed by atoms with Gasteiger partial charge in [-0.1, -0.05) is 54.6 Å². The molecule has 1 amide bonds. The Morgan fingerprint density at radius 2 is 1.14 bits per heavy atom. The lowest BCUT2D eigenvalue weighted by Crippen LogP contribution is -2.37. The van der Waals surface area contributed by atoms with E-state index >= 15 is 0 Å². The van der Waals surface area contributed by atoms with Crippen LogP contribution in [0.2, 0.25) is 0 Å². The largest absolute Gasteiger partial charge is 0.421 e. The first kappa shape index (κ1) is 24.8. The van der Waals surface area contributed by atoms with Gasteiger partial charge in [0.05, 0.1) is 25.1 Å². The predicted molar refractivity (Wildman–Crippen MR) is 140 cm³/mol. The quantitative estimate of drug-likeness (QED) is 0.184. The lowest BCUT2D eigenvalue weighted by Gasteiger charge is -2.24. The normalized spacial score (nSPS) is 11.0. The third kappa shape index (κ3) is 5.37. The molecule has 0 saturated carbocycles. The Labute approximate surface area is 219 Å². The molecule has 0 aromatic heterocycles. The van der Waals surface area contributed by atoms with Gasteiger partial charge in [-0.3, -0.25) is 4.79 Å². The van der Waals surface area contributed by atoms with Crippen molar-refractivity contribution < 1.29 is 22.7 Å². The number of rotatable bonds is 6. The summed E-state index contributed by atoms with van der Waals surface area (Å²) in [6.45, 7) is 0. The SMILES string of the molecule is O=C(Oc1c(Br)cc(N(C(=O)c2ccccc2)S(=O)(=O)c2ccccc2)cc1Br)c1ccccc1. The molecule has 6 nitrogen and oxygen atoms in total. The highest BCUT2D eigenvalue weighted by molar-refractivity contribution is 9.11. The van der Waals surface area contributed by atoms with E-state index in [1.165, 1.54) is 36.4 Å². The van der Waals surface area contributed by atoms with E-state index in [-0.39, 0.29) is 30.8 Å². The molecule has 4 rings (SSSR count). The molecule has 35 heavy (non-hydrogen) atoms. The summed E-state index contributed by atoms with van der Waals surface area (Å²) in [5.41, 5.74) is 0.600. The maximum absolute atomic E-state index is 13.6. The maximum atomic E-state index is 13.6. The molecule has 0 radical (unpaired) electrons. The summed E-state index contributed by atoms with van der Waals surface area (Å²) in [7, 11) is -4.28. The van der Waals surface area contributed by atoms with Crippen molar-refractivity contribution >= 4 is 59.4 Å². The number of esters is 1. The summed E-state index contributed by atoms with van der Waals surface area (Å²) in [5, 5.41) is 0. The summed E-state index contributed by atoms with van der Waals surface area (Å²) in [6, 6.07) is 27.1. The van der Waals surface area contributed by atoms with E-state index in [9.17, 15) is 18.0 Å². The highest BCUT2D eigenvalue weighted by Crippen LogP contribution is 2.40. The van der Waals surface area contributed by atoms with E-state index in [0.29, 0.717) is 5.56 Å². The van der Waals surface area contributed by atoms with Gasteiger partial charge in [0.15, 0.2) is 5.75 Å². The van der Waals surface area contributed by atoms with Crippen LogP contribution in [-0.4, -0.2) is 20.3 Å². The van der Waals surface area contributed by atoms with Crippen LogP contribution in [-0.2, 0) is 10.0 Å². The van der Waals surface area contributed by atoms with Gasteiger partial charge in [-0.2, -0.15) is 4.31 Å². The first-order valence-corrected chi connectivity index (χ1v) is 13.3. The topological polar surface area (TPSA) is 80.8 Å². The minimum absolute atomic E-state index is 0.0453. The van der Waals surface area contributed by atoms with Crippen molar-refractivity contribution in [2.75, 3.05) is 4.31 Å². The summed E-state index contributed by atoms with van der Waals surface area (Å²) in [4.78, 5) is 26.0. The lowest BCUT2D eigenvalue weighted by molar-refractivity contribution is 0.0732. The standard InChI is InChI=1S/C26H17Br2NO5S/c27-22-16-20(17-23(28)24(22)34-26(31)19-12-6-2-7-13-19)29(25(30)18-10-4-1-5-11-18)35(32,33)21-14-8-3-9-15-21/h1-17H. The van der Waals surface area contributed by atoms with Gasteiger partial charge in [-0.15, -0.1) is 0 Å². The molecular weight excluding hydrogens is 598 g/mol. The van der Waals surface area contributed by atoms with Crippen LogP contribution in [0.3, 0.4) is 0 Å². The fourth-order valence-corrected chi connectivity index (χ4v) is 5.99. The Balaban J connectivity index is 1.79. The Bertz CT molecular complexity index is 1460. The van der Waals surface area contributed by atoms with Gasteiger partial charge in [0.2, 0.25) is 0 Å². The summed E-state index contributed by atoms with van der Waals surface area (Å²) < 4.78 is 34.0. The van der Waals surface area contributed by atoms with E-state index < -0.39 is 21.9 Å². The molecule has 0 unspecified atom stereocenters. The van der Waals surface area contributed by atoms with Gasteiger partial charge >= 0.3 is 5.97 Å². The molecule has 0 atom stereocenters. The zero-order chi connectivity index (χ0) is 25.0. The molecule has 0 bridgehead atoms. The average Bonchev–Trinajstić information content (AvgIpc) is 2.87. The number of hydrogen-bond donors (Lipinski definition) is 0. The van der Waals surface area contributed by atoms with Crippen LogP contribution in [0.25, 0.3) is 0 Å². The van der Waals surface area contributed by atoms with E-state index in [4.69, 9.17) is 4.74 Å². The Morgan fingerprint density at radius 1 is 0.686 bits per heavy atom. The maximum Gasteiger partial charge on any atom is 0.343 e. The number of carbonyl (C=O) groups is 2. The van der Waals surface area contributed by atoms with Gasteiger partial charge < -0.3 is 4.74 Å². The Hall–Kier alpha value is -3.27. The molecule has 4 aromatic carbocycles. The number of nitrogens with zero attached hydrogens (tertiary/aromatic N) is 1. The second-order valence-electron chi connectivity index (χ2n) is 7.25. The number of halogens is 2. The number of ether oxygens (including phenoxy) is 1. The summed E-state index contributed by atoms with van der Waals surface area (Å²) >= 11 is 6.71. The molecule has 0 N–H and O–H groups in total. The zero-order valence-corrected chi connectivity index (χ0v) is 22.0. The molecule has 0 spiro atoms. The number of carbonyl (C=O) groups excluding carboxylic acids is 2. The van der Waals surface area contributed by atoms with Crippen LogP contribution in [0.15, 0.2) is 117 Å². The number of benzene rings is 4. The summed E-state index contributed by atoms with van der Waals surface area (Å²) in [5.74, 6) is -1.18. The Morgan fingerprint density at radius 3 is 1.66 bits per heavy atom. The fourth-order valence-electron chi connectivity index (χ4n) is 3.25. The molecule has 9 heteroatoms. The summed E-state index contributed by atoms with van der Waals surface area (Å²) in [6.07, 6.45) is 0. The fraction of sp³-hybridized carbons (Fsp3) is 0. The van der Waals surface area contributed by atoms with Crippen LogP contribution >= 0.6 is 31.9 Å². The first-order chi connectivity index (χ1) is 16.8. The molecule has 4 aromatic rings. The molecular formula is C26H17Br2NO5S. The average molecular weight is 615 g/mol. The third-order valence-corrected chi connectivity index (χ3v) is 7.81. The molecule has 0 aliphatic heterocycles. The van der Waals surface area contributed by atoms with Crippen molar-refractivity contribution in [2.45, 2.75) is 4.90 Å². The monoisotopic (exact) mass is 613 g/mol. The molecule has 0 aliphatic rings. The van der Waals surface area contributed by atoms with Crippen molar-refractivity contribution in [1.82, 2.24) is 0 Å². The van der Waals surface area contributed by atoms with Gasteiger partial charge in [-0.05, 0) is 80.4 Å². The van der Waals surface area contributed by atoms with Gasteiger partial charge in [0, 0.05) is 5.56 Å². The van der Waals surface area contributed by atoms with Crippen LogP contribution in [0.1, 0.15) is 20.7 Å². The molecule has 176 valence electrons. The predicted octanol–water partition coefficient (Wildman–Crippen LogP) is 6.47. The van der Waals surface area contributed by atoms with Crippen molar-refractivity contribution in [2.24, 2.45) is 0 Å². The second-order valence-corrected chi connectivity index (χ2v) is 10.7. The highest BCUT2D eigenvalue weighted by Gasteiger charge is 2.33. The highest BCUT2D eigenvalue weighted by atomic mass is 79.9. The molecule has 0 fully saturated rings. The minimum atomic E-state index is -4.28. The molecule has 0 heterocycles. The van der Waals surface area contributed by atoms with Crippen molar-refractivity contribution in [3.63, 3.8) is 0 Å². The van der Waals surface area contributed by atoms with E-state index in [2.05, 4.69) is 31.9 Å². The second kappa shape index (κ2) is 10.6. The number of sulfonamides is 1. The van der Waals surface area contributed by atoms with Gasteiger partial charge in [0.25, 0.3) is 15.9 Å². The number of amides is 1. The van der Waals surface area contributed by atoms with Crippen LogP contribution in [0.4, 0.5) is 5.69 Å². The lowest BCUT2D eigenvalue weighted by atomic mass is 10.2. The Kier molecular flexibility index (Phi) is 7.49. The van der Waals surface area contributed by atoms with E-state index in [1.807, 2.05) is 0 Å². The van der Waals surface area contributed by atoms with Crippen LogP contribution in [0.5, 0.6) is 5.75 Å². The van der Waals surface area contributed by atoms with Crippen molar-refractivity contribution in [3.05, 3.63) is 123 Å². The number of anilines is 1. The third-order valence-electron chi connectivity index (χ3n) is 4.91. The number of hydrogen-bond acceptors (Lipinski definition) is 5.